The van der Waals surface area contributed by atoms with E-state index in [0.717, 1.165) is 32.6 Å². The van der Waals surface area contributed by atoms with Gasteiger partial charge in [0.2, 0.25) is 11.8 Å². The SMILES string of the molecule is C[C@@H]1CNCCN1C(=O)CN1CCCC1=O.Cl. The Labute approximate surface area is 108 Å². The number of rotatable bonds is 2. The third-order valence-electron chi connectivity index (χ3n) is 3.32. The molecule has 1 N–H and O–H groups in total. The number of halogens is 1. The number of amides is 2. The van der Waals surface area contributed by atoms with Crippen molar-refractivity contribution < 1.29 is 9.59 Å². The van der Waals surface area contributed by atoms with Crippen molar-refractivity contribution in [2.24, 2.45) is 0 Å². The number of carbonyl (C=O) groups is 2. The molecule has 0 radical (unpaired) electrons. The van der Waals surface area contributed by atoms with E-state index in [0.29, 0.717) is 6.42 Å². The zero-order valence-electron chi connectivity index (χ0n) is 10.1. The van der Waals surface area contributed by atoms with Crippen LogP contribution in [0.3, 0.4) is 0 Å². The lowest BCUT2D eigenvalue weighted by Gasteiger charge is -2.35. The van der Waals surface area contributed by atoms with E-state index >= 15 is 0 Å². The van der Waals surface area contributed by atoms with Gasteiger partial charge in [0, 0.05) is 38.6 Å². The van der Waals surface area contributed by atoms with Gasteiger partial charge in [0.25, 0.3) is 0 Å². The van der Waals surface area contributed by atoms with E-state index in [-0.39, 0.29) is 36.8 Å². The first-order chi connectivity index (χ1) is 7.68. The molecule has 0 aromatic rings. The first-order valence-electron chi connectivity index (χ1n) is 5.96. The maximum Gasteiger partial charge on any atom is 0.242 e. The Morgan fingerprint density at radius 2 is 2.24 bits per heavy atom. The lowest BCUT2D eigenvalue weighted by molar-refractivity contribution is -0.140. The second-order valence-electron chi connectivity index (χ2n) is 4.56. The highest BCUT2D eigenvalue weighted by Crippen LogP contribution is 2.11. The molecule has 1 atom stereocenters. The van der Waals surface area contributed by atoms with Crippen LogP contribution in [-0.2, 0) is 9.59 Å². The number of likely N-dealkylation sites (tertiary alicyclic amines) is 1. The van der Waals surface area contributed by atoms with Crippen molar-refractivity contribution in [1.82, 2.24) is 15.1 Å². The standard InChI is InChI=1S/C11H19N3O2.ClH/c1-9-7-12-4-6-14(9)11(16)8-13-5-2-3-10(13)15;/h9,12H,2-8H2,1H3;1H/t9-;/m1./s1. The molecule has 2 fully saturated rings. The molecule has 0 saturated carbocycles. The van der Waals surface area contributed by atoms with E-state index < -0.39 is 0 Å². The Morgan fingerprint density at radius 1 is 1.47 bits per heavy atom. The highest BCUT2D eigenvalue weighted by atomic mass is 35.5. The quantitative estimate of drug-likeness (QED) is 0.752. The third-order valence-corrected chi connectivity index (χ3v) is 3.32. The van der Waals surface area contributed by atoms with Gasteiger partial charge in [0.1, 0.15) is 0 Å². The lowest BCUT2D eigenvalue weighted by atomic mass is 10.2. The molecule has 2 saturated heterocycles. The number of carbonyl (C=O) groups excluding carboxylic acids is 2. The van der Waals surface area contributed by atoms with Crippen LogP contribution in [0.5, 0.6) is 0 Å². The summed E-state index contributed by atoms with van der Waals surface area (Å²) in [5.41, 5.74) is 0. The summed E-state index contributed by atoms with van der Waals surface area (Å²) in [7, 11) is 0. The molecule has 98 valence electrons. The Morgan fingerprint density at radius 3 is 2.82 bits per heavy atom. The van der Waals surface area contributed by atoms with Crippen LogP contribution in [0, 0.1) is 0 Å². The Kier molecular flexibility index (Phi) is 5.21. The Balaban J connectivity index is 0.00000144. The van der Waals surface area contributed by atoms with Crippen LogP contribution in [-0.4, -0.2) is 60.4 Å². The van der Waals surface area contributed by atoms with Crippen molar-refractivity contribution >= 4 is 24.2 Å². The van der Waals surface area contributed by atoms with Crippen LogP contribution in [0.1, 0.15) is 19.8 Å². The van der Waals surface area contributed by atoms with Crippen molar-refractivity contribution in [1.29, 1.82) is 0 Å². The van der Waals surface area contributed by atoms with Crippen LogP contribution in [0.15, 0.2) is 0 Å². The normalized spacial score (nSPS) is 24.8. The molecule has 0 aliphatic carbocycles. The van der Waals surface area contributed by atoms with Crippen molar-refractivity contribution in [3.63, 3.8) is 0 Å². The van der Waals surface area contributed by atoms with Gasteiger partial charge in [-0.15, -0.1) is 12.4 Å². The van der Waals surface area contributed by atoms with Gasteiger partial charge >= 0.3 is 0 Å². The van der Waals surface area contributed by atoms with Gasteiger partial charge in [-0.1, -0.05) is 0 Å². The summed E-state index contributed by atoms with van der Waals surface area (Å²) in [6.45, 7) is 5.50. The van der Waals surface area contributed by atoms with Crippen molar-refractivity contribution in [2.75, 3.05) is 32.7 Å². The summed E-state index contributed by atoms with van der Waals surface area (Å²) in [5.74, 6) is 0.209. The summed E-state index contributed by atoms with van der Waals surface area (Å²) >= 11 is 0. The lowest BCUT2D eigenvalue weighted by Crippen LogP contribution is -2.54. The average molecular weight is 262 g/mol. The minimum absolute atomic E-state index is 0. The van der Waals surface area contributed by atoms with E-state index in [1.54, 1.807) is 4.90 Å². The van der Waals surface area contributed by atoms with Gasteiger partial charge in [0.05, 0.1) is 6.54 Å². The summed E-state index contributed by atoms with van der Waals surface area (Å²) in [6.07, 6.45) is 1.49. The largest absolute Gasteiger partial charge is 0.336 e. The molecule has 6 heteroatoms. The molecule has 2 aliphatic rings. The number of nitrogens with zero attached hydrogens (tertiary/aromatic N) is 2. The van der Waals surface area contributed by atoms with Gasteiger partial charge in [-0.3, -0.25) is 9.59 Å². The van der Waals surface area contributed by atoms with E-state index in [9.17, 15) is 9.59 Å². The molecular formula is C11H20ClN3O2. The fourth-order valence-electron chi connectivity index (χ4n) is 2.34. The summed E-state index contributed by atoms with van der Waals surface area (Å²) in [5, 5.41) is 3.25. The molecule has 2 rings (SSSR count). The molecule has 2 amide bonds. The highest BCUT2D eigenvalue weighted by molar-refractivity contribution is 5.86. The molecule has 0 aromatic heterocycles. The topological polar surface area (TPSA) is 52.7 Å². The molecule has 2 heterocycles. The number of hydrogen-bond donors (Lipinski definition) is 1. The molecule has 0 unspecified atom stereocenters. The predicted molar refractivity (Wildman–Crippen MR) is 67.1 cm³/mol. The van der Waals surface area contributed by atoms with Gasteiger partial charge < -0.3 is 15.1 Å². The van der Waals surface area contributed by atoms with Gasteiger partial charge in [-0.25, -0.2) is 0 Å². The first-order valence-corrected chi connectivity index (χ1v) is 5.96. The summed E-state index contributed by atoms with van der Waals surface area (Å²) in [4.78, 5) is 27.0. The molecule has 0 spiro atoms. The highest BCUT2D eigenvalue weighted by Gasteiger charge is 2.27. The number of hydrogen-bond acceptors (Lipinski definition) is 3. The van der Waals surface area contributed by atoms with Crippen LogP contribution in [0.4, 0.5) is 0 Å². The maximum atomic E-state index is 12.0. The fourth-order valence-corrected chi connectivity index (χ4v) is 2.34. The Bertz CT molecular complexity index is 298. The third kappa shape index (κ3) is 3.33. The van der Waals surface area contributed by atoms with E-state index in [1.165, 1.54) is 0 Å². The van der Waals surface area contributed by atoms with Gasteiger partial charge in [-0.2, -0.15) is 0 Å². The second-order valence-corrected chi connectivity index (χ2v) is 4.56. The van der Waals surface area contributed by atoms with Crippen molar-refractivity contribution in [2.45, 2.75) is 25.8 Å². The average Bonchev–Trinajstić information content (AvgIpc) is 2.65. The van der Waals surface area contributed by atoms with E-state index in [1.807, 2.05) is 11.8 Å². The van der Waals surface area contributed by atoms with E-state index in [4.69, 9.17) is 0 Å². The zero-order valence-corrected chi connectivity index (χ0v) is 11.0. The molecule has 0 bridgehead atoms. The number of nitrogens with one attached hydrogen (secondary N) is 1. The minimum Gasteiger partial charge on any atom is -0.336 e. The van der Waals surface area contributed by atoms with Crippen molar-refractivity contribution in [3.05, 3.63) is 0 Å². The molecule has 5 nitrogen and oxygen atoms in total. The summed E-state index contributed by atoms with van der Waals surface area (Å²) < 4.78 is 0. The number of piperazine rings is 1. The van der Waals surface area contributed by atoms with Crippen LogP contribution >= 0.6 is 12.4 Å². The van der Waals surface area contributed by atoms with Crippen molar-refractivity contribution in [3.8, 4) is 0 Å². The van der Waals surface area contributed by atoms with Gasteiger partial charge in [0.15, 0.2) is 0 Å². The monoisotopic (exact) mass is 261 g/mol. The zero-order chi connectivity index (χ0) is 11.5. The molecular weight excluding hydrogens is 242 g/mol. The fraction of sp³-hybridized carbons (Fsp3) is 0.818. The first kappa shape index (κ1) is 14.3. The van der Waals surface area contributed by atoms with Gasteiger partial charge in [-0.05, 0) is 13.3 Å². The molecule has 0 aromatic carbocycles. The van der Waals surface area contributed by atoms with Crippen LogP contribution in [0.25, 0.3) is 0 Å². The Hall–Kier alpha value is -0.810. The van der Waals surface area contributed by atoms with E-state index in [2.05, 4.69) is 5.32 Å². The second kappa shape index (κ2) is 6.21. The molecule has 2 aliphatic heterocycles. The molecule has 17 heavy (non-hydrogen) atoms. The van der Waals surface area contributed by atoms with Crippen LogP contribution < -0.4 is 5.32 Å². The summed E-state index contributed by atoms with van der Waals surface area (Å²) in [6, 6.07) is 0.235. The minimum atomic E-state index is 0. The predicted octanol–water partition coefficient (Wildman–Crippen LogP) is -0.149. The van der Waals surface area contributed by atoms with Crippen LogP contribution in [0.2, 0.25) is 0 Å². The smallest absolute Gasteiger partial charge is 0.242 e. The maximum absolute atomic E-state index is 12.0.